The number of aromatic nitrogens is 1. The zero-order chi connectivity index (χ0) is 19.3. The van der Waals surface area contributed by atoms with Gasteiger partial charge in [0.1, 0.15) is 0 Å². The summed E-state index contributed by atoms with van der Waals surface area (Å²) >= 11 is 5.93. The first kappa shape index (κ1) is 18.3. The molecule has 4 aromatic rings. The van der Waals surface area contributed by atoms with E-state index >= 15 is 0 Å². The summed E-state index contributed by atoms with van der Waals surface area (Å²) in [6, 6.07) is 24.7. The summed E-state index contributed by atoms with van der Waals surface area (Å²) in [4.78, 5) is 0. The Bertz CT molecular complexity index is 1110. The standard InChI is InChI=1S/C24H22ClN3/c1-18-6-2-3-7-20(18)16-28-17-21(23-8-4-5-9-24(23)28)15-27-26-14-19-10-12-22(25)13-11-19/h2-13,15,17,26H,14,16H2,1H3/b27-15-. The molecule has 0 aliphatic carbocycles. The van der Waals surface area contributed by atoms with Crippen molar-refractivity contribution < 1.29 is 0 Å². The van der Waals surface area contributed by atoms with Gasteiger partial charge in [-0.15, -0.1) is 0 Å². The molecule has 28 heavy (non-hydrogen) atoms. The van der Waals surface area contributed by atoms with Crippen LogP contribution in [0.2, 0.25) is 5.02 Å². The number of para-hydroxylation sites is 1. The Morgan fingerprint density at radius 1 is 0.964 bits per heavy atom. The predicted molar refractivity (Wildman–Crippen MR) is 118 cm³/mol. The lowest BCUT2D eigenvalue weighted by Crippen LogP contribution is -2.05. The molecular formula is C24H22ClN3. The van der Waals surface area contributed by atoms with Gasteiger partial charge in [-0.1, -0.05) is 66.2 Å². The largest absolute Gasteiger partial charge is 0.342 e. The van der Waals surface area contributed by atoms with Gasteiger partial charge in [-0.3, -0.25) is 0 Å². The Hall–Kier alpha value is -3.04. The van der Waals surface area contributed by atoms with Crippen molar-refractivity contribution in [1.82, 2.24) is 9.99 Å². The molecule has 4 rings (SSSR count). The predicted octanol–water partition coefficient (Wildman–Crippen LogP) is 5.78. The van der Waals surface area contributed by atoms with Crippen LogP contribution in [-0.4, -0.2) is 10.8 Å². The lowest BCUT2D eigenvalue weighted by Gasteiger charge is -2.08. The molecule has 0 atom stereocenters. The van der Waals surface area contributed by atoms with Crippen LogP contribution in [0.25, 0.3) is 10.9 Å². The molecule has 1 N–H and O–H groups in total. The van der Waals surface area contributed by atoms with Gasteiger partial charge >= 0.3 is 0 Å². The Labute approximate surface area is 170 Å². The smallest absolute Gasteiger partial charge is 0.0580 e. The van der Waals surface area contributed by atoms with Gasteiger partial charge in [0.25, 0.3) is 0 Å². The van der Waals surface area contributed by atoms with E-state index in [2.05, 4.69) is 76.7 Å². The van der Waals surface area contributed by atoms with Gasteiger partial charge in [-0.2, -0.15) is 5.10 Å². The minimum atomic E-state index is 0.662. The molecule has 3 nitrogen and oxygen atoms in total. The molecule has 0 amide bonds. The number of nitrogens with zero attached hydrogens (tertiary/aromatic N) is 2. The molecule has 1 aromatic heterocycles. The molecule has 4 heteroatoms. The highest BCUT2D eigenvalue weighted by Gasteiger charge is 2.08. The molecule has 0 radical (unpaired) electrons. The van der Waals surface area contributed by atoms with Crippen LogP contribution in [0.5, 0.6) is 0 Å². The molecule has 0 spiro atoms. The minimum Gasteiger partial charge on any atom is -0.342 e. The third-order valence-electron chi connectivity index (χ3n) is 4.91. The van der Waals surface area contributed by atoms with Gasteiger partial charge < -0.3 is 9.99 Å². The molecule has 0 unspecified atom stereocenters. The van der Waals surface area contributed by atoms with Crippen LogP contribution >= 0.6 is 11.6 Å². The average Bonchev–Trinajstić information content (AvgIpc) is 3.06. The second kappa shape index (κ2) is 8.32. The summed E-state index contributed by atoms with van der Waals surface area (Å²) < 4.78 is 2.29. The summed E-state index contributed by atoms with van der Waals surface area (Å²) in [5, 5.41) is 6.37. The quantitative estimate of drug-likeness (QED) is 0.330. The van der Waals surface area contributed by atoms with E-state index in [4.69, 9.17) is 11.6 Å². The lowest BCUT2D eigenvalue weighted by atomic mass is 10.1. The highest BCUT2D eigenvalue weighted by atomic mass is 35.5. The summed E-state index contributed by atoms with van der Waals surface area (Å²) in [6.45, 7) is 3.67. The van der Waals surface area contributed by atoms with E-state index in [0.717, 1.165) is 22.7 Å². The number of nitrogens with one attached hydrogen (secondary N) is 1. The van der Waals surface area contributed by atoms with Crippen molar-refractivity contribution in [3.8, 4) is 0 Å². The maximum Gasteiger partial charge on any atom is 0.0580 e. The molecule has 0 fully saturated rings. The van der Waals surface area contributed by atoms with E-state index in [9.17, 15) is 0 Å². The van der Waals surface area contributed by atoms with Crippen LogP contribution in [0.4, 0.5) is 0 Å². The summed E-state index contributed by atoms with van der Waals surface area (Å²) in [5.74, 6) is 0. The second-order valence-electron chi connectivity index (χ2n) is 6.88. The minimum absolute atomic E-state index is 0.662. The Kier molecular flexibility index (Phi) is 5.45. The molecule has 3 aromatic carbocycles. The van der Waals surface area contributed by atoms with Crippen molar-refractivity contribution in [2.75, 3.05) is 0 Å². The zero-order valence-electron chi connectivity index (χ0n) is 15.8. The van der Waals surface area contributed by atoms with Crippen LogP contribution in [0.1, 0.15) is 22.3 Å². The first-order valence-electron chi connectivity index (χ1n) is 9.33. The molecule has 1 heterocycles. The van der Waals surface area contributed by atoms with Gasteiger partial charge in [-0.25, -0.2) is 0 Å². The maximum absolute atomic E-state index is 5.93. The summed E-state index contributed by atoms with van der Waals surface area (Å²) in [7, 11) is 0. The third kappa shape index (κ3) is 4.10. The highest BCUT2D eigenvalue weighted by Crippen LogP contribution is 2.22. The lowest BCUT2D eigenvalue weighted by molar-refractivity contribution is 0.748. The van der Waals surface area contributed by atoms with Gasteiger partial charge in [-0.05, 0) is 41.8 Å². The van der Waals surface area contributed by atoms with E-state index in [-0.39, 0.29) is 0 Å². The van der Waals surface area contributed by atoms with E-state index in [1.807, 2.05) is 30.5 Å². The van der Waals surface area contributed by atoms with Gasteiger partial charge in [0, 0.05) is 34.2 Å². The van der Waals surface area contributed by atoms with Crippen molar-refractivity contribution in [2.24, 2.45) is 5.10 Å². The maximum atomic E-state index is 5.93. The van der Waals surface area contributed by atoms with Crippen molar-refractivity contribution >= 4 is 28.7 Å². The van der Waals surface area contributed by atoms with Crippen LogP contribution in [0.15, 0.2) is 84.1 Å². The number of hydrazone groups is 1. The SMILES string of the molecule is Cc1ccccc1Cn1cc(/C=N\NCc2ccc(Cl)cc2)c2ccccc21. The molecule has 0 saturated carbocycles. The number of benzene rings is 3. The Morgan fingerprint density at radius 2 is 1.71 bits per heavy atom. The Balaban J connectivity index is 1.54. The van der Waals surface area contributed by atoms with E-state index in [1.54, 1.807) is 0 Å². The van der Waals surface area contributed by atoms with Crippen LogP contribution in [0.3, 0.4) is 0 Å². The summed E-state index contributed by atoms with van der Waals surface area (Å²) in [6.07, 6.45) is 4.07. The fraction of sp³-hybridized carbons (Fsp3) is 0.125. The van der Waals surface area contributed by atoms with E-state index in [1.165, 1.54) is 22.0 Å². The zero-order valence-corrected chi connectivity index (χ0v) is 16.5. The number of fused-ring (bicyclic) bond motifs is 1. The number of aryl methyl sites for hydroxylation is 1. The molecule has 0 aliphatic rings. The monoisotopic (exact) mass is 387 g/mol. The number of hydrogen-bond donors (Lipinski definition) is 1. The molecule has 0 saturated heterocycles. The van der Waals surface area contributed by atoms with Crippen molar-refractivity contribution in [2.45, 2.75) is 20.0 Å². The third-order valence-corrected chi connectivity index (χ3v) is 5.16. The van der Waals surface area contributed by atoms with Crippen LogP contribution in [-0.2, 0) is 13.1 Å². The molecular weight excluding hydrogens is 366 g/mol. The van der Waals surface area contributed by atoms with Crippen LogP contribution < -0.4 is 5.43 Å². The second-order valence-corrected chi connectivity index (χ2v) is 7.31. The summed E-state index contributed by atoms with van der Waals surface area (Å²) in [5.41, 5.74) is 9.21. The number of rotatable bonds is 6. The van der Waals surface area contributed by atoms with Gasteiger partial charge in [0.15, 0.2) is 0 Å². The average molecular weight is 388 g/mol. The number of hydrogen-bond acceptors (Lipinski definition) is 2. The van der Waals surface area contributed by atoms with Gasteiger partial charge in [0.05, 0.1) is 12.8 Å². The first-order valence-corrected chi connectivity index (χ1v) is 9.71. The van der Waals surface area contributed by atoms with Crippen molar-refractivity contribution in [1.29, 1.82) is 0 Å². The molecule has 140 valence electrons. The van der Waals surface area contributed by atoms with E-state index < -0.39 is 0 Å². The normalized spacial score (nSPS) is 11.4. The topological polar surface area (TPSA) is 29.3 Å². The van der Waals surface area contributed by atoms with Crippen LogP contribution in [0, 0.1) is 6.92 Å². The fourth-order valence-corrected chi connectivity index (χ4v) is 3.46. The van der Waals surface area contributed by atoms with E-state index in [0.29, 0.717) is 6.54 Å². The first-order chi connectivity index (χ1) is 13.7. The highest BCUT2D eigenvalue weighted by molar-refractivity contribution is 6.30. The molecule has 0 bridgehead atoms. The van der Waals surface area contributed by atoms with Crippen molar-refractivity contribution in [3.63, 3.8) is 0 Å². The fourth-order valence-electron chi connectivity index (χ4n) is 3.33. The van der Waals surface area contributed by atoms with Gasteiger partial charge in [0.2, 0.25) is 0 Å². The molecule has 0 aliphatic heterocycles. The Morgan fingerprint density at radius 3 is 2.54 bits per heavy atom. The number of halogens is 1. The van der Waals surface area contributed by atoms with Crippen molar-refractivity contribution in [3.05, 3.63) is 106 Å².